The molecule has 0 fully saturated rings. The predicted molar refractivity (Wildman–Crippen MR) is 86.8 cm³/mol. The first-order chi connectivity index (χ1) is 10.9. The summed E-state index contributed by atoms with van der Waals surface area (Å²) in [6.07, 6.45) is 0. The van der Waals surface area contributed by atoms with Crippen molar-refractivity contribution in [2.45, 2.75) is 32.8 Å². The number of benzene rings is 2. The first-order valence-corrected chi connectivity index (χ1v) is 7.58. The summed E-state index contributed by atoms with van der Waals surface area (Å²) in [7, 11) is 0. The number of halogens is 1. The van der Waals surface area contributed by atoms with Gasteiger partial charge in [0.2, 0.25) is 0 Å². The lowest BCUT2D eigenvalue weighted by molar-refractivity contribution is -0.148. The normalized spacial score (nSPS) is 11.1. The highest BCUT2D eigenvalue weighted by molar-refractivity contribution is 5.82. The zero-order valence-electron chi connectivity index (χ0n) is 13.6. The quantitative estimate of drug-likeness (QED) is 0.748. The zero-order valence-corrected chi connectivity index (χ0v) is 13.6. The van der Waals surface area contributed by atoms with Gasteiger partial charge in [0, 0.05) is 0 Å². The lowest BCUT2D eigenvalue weighted by Gasteiger charge is -2.23. The monoisotopic (exact) mass is 316 g/mol. The second-order valence-corrected chi connectivity index (χ2v) is 5.78. The predicted octanol–water partition coefficient (Wildman–Crippen LogP) is 4.25. The fraction of sp³-hybridized carbons (Fsp3) is 0.316. The van der Waals surface area contributed by atoms with Crippen LogP contribution in [0.3, 0.4) is 0 Å². The van der Waals surface area contributed by atoms with Crippen LogP contribution >= 0.6 is 0 Å². The highest BCUT2D eigenvalue weighted by Gasteiger charge is 2.31. The number of esters is 1. The topological polar surface area (TPSA) is 35.5 Å². The molecular formula is C19H21FO3. The van der Waals surface area contributed by atoms with E-state index in [2.05, 4.69) is 0 Å². The maximum absolute atomic E-state index is 12.8. The van der Waals surface area contributed by atoms with E-state index in [1.807, 2.05) is 38.1 Å². The van der Waals surface area contributed by atoms with E-state index in [9.17, 15) is 9.18 Å². The molecule has 23 heavy (non-hydrogen) atoms. The summed E-state index contributed by atoms with van der Waals surface area (Å²) in [5, 5.41) is 0. The van der Waals surface area contributed by atoms with Crippen molar-refractivity contribution >= 4 is 5.97 Å². The van der Waals surface area contributed by atoms with Gasteiger partial charge in [-0.25, -0.2) is 4.39 Å². The van der Waals surface area contributed by atoms with Crippen molar-refractivity contribution in [2.75, 3.05) is 6.61 Å². The molecule has 3 nitrogen and oxygen atoms in total. The molecule has 4 heteroatoms. The van der Waals surface area contributed by atoms with Gasteiger partial charge < -0.3 is 9.47 Å². The summed E-state index contributed by atoms with van der Waals surface area (Å²) in [4.78, 5) is 12.0. The Morgan fingerprint density at radius 2 is 1.65 bits per heavy atom. The first-order valence-electron chi connectivity index (χ1n) is 7.58. The lowest BCUT2D eigenvalue weighted by atomic mass is 9.85. The van der Waals surface area contributed by atoms with Crippen molar-refractivity contribution in [3.63, 3.8) is 0 Å². The number of hydrogen-bond acceptors (Lipinski definition) is 3. The second-order valence-electron chi connectivity index (χ2n) is 5.78. The lowest BCUT2D eigenvalue weighted by Crippen LogP contribution is -2.31. The van der Waals surface area contributed by atoms with Gasteiger partial charge in [0.15, 0.2) is 0 Å². The van der Waals surface area contributed by atoms with Crippen molar-refractivity contribution in [3.05, 3.63) is 65.5 Å². The van der Waals surface area contributed by atoms with Crippen LogP contribution in [-0.2, 0) is 21.6 Å². The summed E-state index contributed by atoms with van der Waals surface area (Å²) in [5.41, 5.74) is 1.05. The average Bonchev–Trinajstić information content (AvgIpc) is 2.55. The summed E-state index contributed by atoms with van der Waals surface area (Å²) in [6.45, 7) is 6.18. The maximum Gasteiger partial charge on any atom is 0.315 e. The molecule has 2 aromatic carbocycles. The third kappa shape index (κ3) is 4.31. The number of carbonyl (C=O) groups excluding carboxylic acids is 1. The van der Waals surface area contributed by atoms with Gasteiger partial charge in [-0.3, -0.25) is 4.79 Å². The van der Waals surface area contributed by atoms with Gasteiger partial charge in [0.25, 0.3) is 0 Å². The van der Waals surface area contributed by atoms with E-state index in [-0.39, 0.29) is 11.8 Å². The van der Waals surface area contributed by atoms with Crippen LogP contribution in [0, 0.1) is 5.82 Å². The van der Waals surface area contributed by atoms with Crippen LogP contribution in [0.5, 0.6) is 5.75 Å². The molecule has 122 valence electrons. The van der Waals surface area contributed by atoms with Gasteiger partial charge in [-0.05, 0) is 56.2 Å². The van der Waals surface area contributed by atoms with Crippen molar-refractivity contribution < 1.29 is 18.7 Å². The van der Waals surface area contributed by atoms with E-state index in [0.29, 0.717) is 19.0 Å². The van der Waals surface area contributed by atoms with Crippen molar-refractivity contribution in [1.82, 2.24) is 0 Å². The molecule has 0 amide bonds. The Morgan fingerprint density at radius 3 is 2.22 bits per heavy atom. The Balaban J connectivity index is 2.01. The summed E-state index contributed by atoms with van der Waals surface area (Å²) >= 11 is 0. The van der Waals surface area contributed by atoms with Gasteiger partial charge in [0.1, 0.15) is 18.2 Å². The van der Waals surface area contributed by atoms with Gasteiger partial charge in [-0.15, -0.1) is 0 Å². The molecule has 0 heterocycles. The van der Waals surface area contributed by atoms with Crippen LogP contribution in [0.4, 0.5) is 4.39 Å². The van der Waals surface area contributed by atoms with E-state index < -0.39 is 5.41 Å². The molecular weight excluding hydrogens is 295 g/mol. The number of hydrogen-bond donors (Lipinski definition) is 0. The minimum absolute atomic E-state index is 0.250. The van der Waals surface area contributed by atoms with Crippen LogP contribution in [0.1, 0.15) is 31.9 Å². The Hall–Kier alpha value is -2.36. The highest BCUT2D eigenvalue weighted by Crippen LogP contribution is 2.27. The van der Waals surface area contributed by atoms with E-state index >= 15 is 0 Å². The Kier molecular flexibility index (Phi) is 5.37. The summed E-state index contributed by atoms with van der Waals surface area (Å²) in [6, 6.07) is 13.5. The third-order valence-electron chi connectivity index (χ3n) is 3.68. The molecule has 0 N–H and O–H groups in total. The van der Waals surface area contributed by atoms with Gasteiger partial charge in [-0.1, -0.05) is 24.3 Å². The Bertz CT molecular complexity index is 645. The van der Waals surface area contributed by atoms with Gasteiger partial charge in [0.05, 0.1) is 12.0 Å². The molecule has 0 aromatic heterocycles. The Morgan fingerprint density at radius 1 is 1.04 bits per heavy atom. The summed E-state index contributed by atoms with van der Waals surface area (Å²) < 4.78 is 23.6. The molecule has 2 rings (SSSR count). The van der Waals surface area contributed by atoms with E-state index in [4.69, 9.17) is 9.47 Å². The van der Waals surface area contributed by atoms with Gasteiger partial charge >= 0.3 is 5.97 Å². The maximum atomic E-state index is 12.8. The molecule has 0 unspecified atom stereocenters. The zero-order chi connectivity index (χ0) is 16.9. The van der Waals surface area contributed by atoms with Crippen LogP contribution in [0.15, 0.2) is 48.5 Å². The average molecular weight is 316 g/mol. The largest absolute Gasteiger partial charge is 0.489 e. The molecule has 2 aromatic rings. The van der Waals surface area contributed by atoms with Crippen LogP contribution in [-0.4, -0.2) is 12.6 Å². The SMILES string of the molecule is CCOC(=O)C(C)(C)c1ccc(OCc2ccc(F)cc2)cc1. The Labute approximate surface area is 136 Å². The van der Waals surface area contributed by atoms with Gasteiger partial charge in [-0.2, -0.15) is 0 Å². The molecule has 0 saturated heterocycles. The van der Waals surface area contributed by atoms with Crippen LogP contribution in [0.25, 0.3) is 0 Å². The molecule has 0 aliphatic rings. The van der Waals surface area contributed by atoms with Crippen molar-refractivity contribution in [2.24, 2.45) is 0 Å². The van der Waals surface area contributed by atoms with E-state index in [1.165, 1.54) is 12.1 Å². The summed E-state index contributed by atoms with van der Waals surface area (Å²) in [5.74, 6) is 0.178. The third-order valence-corrected chi connectivity index (χ3v) is 3.68. The van der Waals surface area contributed by atoms with Crippen molar-refractivity contribution in [1.29, 1.82) is 0 Å². The van der Waals surface area contributed by atoms with E-state index in [0.717, 1.165) is 11.1 Å². The molecule has 0 saturated carbocycles. The second kappa shape index (κ2) is 7.27. The molecule has 0 radical (unpaired) electrons. The fourth-order valence-electron chi connectivity index (χ4n) is 2.14. The molecule has 0 aliphatic carbocycles. The number of carbonyl (C=O) groups is 1. The van der Waals surface area contributed by atoms with Crippen molar-refractivity contribution in [3.8, 4) is 5.75 Å². The standard InChI is InChI=1S/C19H21FO3/c1-4-22-18(21)19(2,3)15-7-11-17(12-8-15)23-13-14-5-9-16(20)10-6-14/h5-12H,4,13H2,1-3H3. The molecule has 0 bridgehead atoms. The fourth-order valence-corrected chi connectivity index (χ4v) is 2.14. The smallest absolute Gasteiger partial charge is 0.315 e. The molecule has 0 atom stereocenters. The number of rotatable bonds is 6. The molecule has 0 spiro atoms. The molecule has 0 aliphatic heterocycles. The minimum atomic E-state index is -0.703. The highest BCUT2D eigenvalue weighted by atomic mass is 19.1. The first kappa shape index (κ1) is 17.0. The van der Waals surface area contributed by atoms with E-state index in [1.54, 1.807) is 19.1 Å². The van der Waals surface area contributed by atoms with Crippen LogP contribution < -0.4 is 4.74 Å². The minimum Gasteiger partial charge on any atom is -0.489 e. The number of ether oxygens (including phenoxy) is 2. The van der Waals surface area contributed by atoms with Crippen LogP contribution in [0.2, 0.25) is 0 Å².